The van der Waals surface area contributed by atoms with E-state index in [-0.39, 0.29) is 36.3 Å². The van der Waals surface area contributed by atoms with Gasteiger partial charge in [-0.2, -0.15) is 18.2 Å². The lowest BCUT2D eigenvalue weighted by molar-refractivity contribution is -0.137. The van der Waals surface area contributed by atoms with Gasteiger partial charge in [-0.3, -0.25) is 9.69 Å². The molecule has 33 heavy (non-hydrogen) atoms. The molecule has 4 rings (SSSR count). The predicted octanol–water partition coefficient (Wildman–Crippen LogP) is 3.58. The van der Waals surface area contributed by atoms with Gasteiger partial charge in [-0.15, -0.1) is 0 Å². The average molecular weight is 466 g/mol. The van der Waals surface area contributed by atoms with Crippen LogP contribution in [0, 0.1) is 11.7 Å². The second kappa shape index (κ2) is 7.85. The molecule has 3 amide bonds. The molecule has 1 aliphatic heterocycles. The van der Waals surface area contributed by atoms with E-state index in [1.165, 1.54) is 4.90 Å². The van der Waals surface area contributed by atoms with Crippen molar-refractivity contribution in [3.05, 3.63) is 41.3 Å². The fraction of sp³-hybridized carbons (Fsp3) is 0.429. The fourth-order valence-electron chi connectivity index (χ4n) is 3.60. The van der Waals surface area contributed by atoms with E-state index in [9.17, 15) is 27.2 Å². The van der Waals surface area contributed by atoms with Crippen LogP contribution in [-0.4, -0.2) is 40.5 Å². The summed E-state index contributed by atoms with van der Waals surface area (Å²) < 4.78 is 54.2. The largest absolute Gasteiger partial charge is 0.416 e. The van der Waals surface area contributed by atoms with Crippen LogP contribution in [0.2, 0.25) is 0 Å². The van der Waals surface area contributed by atoms with Gasteiger partial charge in [0.1, 0.15) is 17.2 Å². The summed E-state index contributed by atoms with van der Waals surface area (Å²) in [6.07, 6.45) is -2.06. The van der Waals surface area contributed by atoms with Gasteiger partial charge in [-0.1, -0.05) is 0 Å². The minimum Gasteiger partial charge on any atom is -0.383 e. The number of halogens is 4. The molecule has 0 radical (unpaired) electrons. The average Bonchev–Trinajstić information content (AvgIpc) is 3.48. The number of nitrogens with one attached hydrogen (secondary N) is 1. The van der Waals surface area contributed by atoms with Gasteiger partial charge in [0.05, 0.1) is 23.3 Å². The van der Waals surface area contributed by atoms with Crippen molar-refractivity contribution in [3.63, 3.8) is 0 Å². The maximum Gasteiger partial charge on any atom is 0.416 e. The van der Waals surface area contributed by atoms with Gasteiger partial charge in [0.25, 0.3) is 5.91 Å². The first-order valence-electron chi connectivity index (χ1n) is 10.3. The number of amides is 3. The molecule has 1 saturated carbocycles. The molecule has 1 aliphatic carbocycles. The summed E-state index contributed by atoms with van der Waals surface area (Å²) in [5.74, 6) is -2.04. The van der Waals surface area contributed by atoms with E-state index >= 15 is 0 Å². The molecule has 2 aliphatic rings. The van der Waals surface area contributed by atoms with Crippen LogP contribution in [-0.2, 0) is 6.18 Å². The third-order valence-corrected chi connectivity index (χ3v) is 5.47. The zero-order chi connectivity index (χ0) is 24.1. The molecule has 2 fully saturated rings. The van der Waals surface area contributed by atoms with E-state index < -0.39 is 40.7 Å². The molecule has 2 heterocycles. The number of urea groups is 1. The Kier molecular flexibility index (Phi) is 5.41. The number of benzene rings is 1. The number of nitrogens with zero attached hydrogens (tertiary/aromatic N) is 4. The summed E-state index contributed by atoms with van der Waals surface area (Å²) in [7, 11) is 0. The van der Waals surface area contributed by atoms with Crippen LogP contribution in [0.15, 0.2) is 24.4 Å². The molecule has 12 heteroatoms. The number of alkyl halides is 3. The first-order valence-corrected chi connectivity index (χ1v) is 10.3. The summed E-state index contributed by atoms with van der Waals surface area (Å²) in [5, 5.41) is 2.75. The van der Waals surface area contributed by atoms with Gasteiger partial charge in [0, 0.05) is 12.7 Å². The highest BCUT2D eigenvalue weighted by Crippen LogP contribution is 2.37. The van der Waals surface area contributed by atoms with E-state index in [1.807, 2.05) is 13.8 Å². The molecule has 0 atom stereocenters. The zero-order valence-electron chi connectivity index (χ0n) is 17.9. The summed E-state index contributed by atoms with van der Waals surface area (Å²) in [4.78, 5) is 35.8. The molecule has 0 bridgehead atoms. The molecule has 2 aromatic rings. The molecule has 1 saturated heterocycles. The smallest absolute Gasteiger partial charge is 0.383 e. The highest BCUT2D eigenvalue weighted by Gasteiger charge is 2.38. The summed E-state index contributed by atoms with van der Waals surface area (Å²) in [6.45, 7) is 3.92. The van der Waals surface area contributed by atoms with Crippen molar-refractivity contribution in [2.75, 3.05) is 28.6 Å². The predicted molar refractivity (Wildman–Crippen MR) is 112 cm³/mol. The van der Waals surface area contributed by atoms with E-state index in [2.05, 4.69) is 15.3 Å². The third-order valence-electron chi connectivity index (χ3n) is 5.47. The topological polar surface area (TPSA) is 104 Å². The standard InChI is InChI=1S/C21H22F4N6O2/c1-20(2)10-31(19(33)29-20)18-27-8-13(16(26)28-18)17(32)30(9-11-3-4-11)15-7-12(21(23,24)25)5-6-14(15)22/h5-8,11H,3-4,9-10H2,1-2H3,(H,29,33)(H2,26,27,28). The number of nitrogens with two attached hydrogens (primary N) is 1. The zero-order valence-corrected chi connectivity index (χ0v) is 17.9. The van der Waals surface area contributed by atoms with Crippen LogP contribution in [0.4, 0.5) is 39.8 Å². The Bertz CT molecular complexity index is 1120. The summed E-state index contributed by atoms with van der Waals surface area (Å²) >= 11 is 0. The van der Waals surface area contributed by atoms with Crippen LogP contribution >= 0.6 is 0 Å². The number of rotatable bonds is 5. The van der Waals surface area contributed by atoms with Crippen LogP contribution in [0.25, 0.3) is 0 Å². The van der Waals surface area contributed by atoms with E-state index in [1.54, 1.807) is 0 Å². The summed E-state index contributed by atoms with van der Waals surface area (Å²) in [5.41, 5.74) is 3.68. The normalized spacial score (nSPS) is 17.8. The quantitative estimate of drug-likeness (QED) is 0.656. The Morgan fingerprint density at radius 1 is 1.33 bits per heavy atom. The van der Waals surface area contributed by atoms with Gasteiger partial charge in [-0.05, 0) is 50.8 Å². The van der Waals surface area contributed by atoms with Crippen LogP contribution in [0.1, 0.15) is 42.6 Å². The van der Waals surface area contributed by atoms with E-state index in [4.69, 9.17) is 5.73 Å². The second-order valence-electron chi connectivity index (χ2n) is 8.89. The lowest BCUT2D eigenvalue weighted by Crippen LogP contribution is -2.36. The van der Waals surface area contributed by atoms with Crippen LogP contribution < -0.4 is 20.9 Å². The molecule has 3 N–H and O–H groups in total. The van der Waals surface area contributed by atoms with Gasteiger partial charge >= 0.3 is 12.2 Å². The highest BCUT2D eigenvalue weighted by atomic mass is 19.4. The summed E-state index contributed by atoms with van der Waals surface area (Å²) in [6, 6.07) is 1.48. The minimum absolute atomic E-state index is 0.0221. The fourth-order valence-corrected chi connectivity index (χ4v) is 3.60. The molecular formula is C21H22F4N6O2. The number of aromatic nitrogens is 2. The number of carbonyl (C=O) groups excluding carboxylic acids is 2. The van der Waals surface area contributed by atoms with Gasteiger partial charge < -0.3 is 16.0 Å². The molecule has 176 valence electrons. The number of hydrogen-bond acceptors (Lipinski definition) is 5. The first kappa shape index (κ1) is 22.7. The van der Waals surface area contributed by atoms with Crippen molar-refractivity contribution in [1.82, 2.24) is 15.3 Å². The lowest BCUT2D eigenvalue weighted by Gasteiger charge is -2.25. The molecule has 1 aromatic carbocycles. The maximum absolute atomic E-state index is 14.6. The first-order chi connectivity index (χ1) is 15.4. The number of anilines is 3. The van der Waals surface area contributed by atoms with E-state index in [0.717, 1.165) is 23.9 Å². The van der Waals surface area contributed by atoms with Crippen molar-refractivity contribution in [2.24, 2.45) is 5.92 Å². The number of carbonyl (C=O) groups is 2. The van der Waals surface area contributed by atoms with Gasteiger partial charge in [0.2, 0.25) is 5.95 Å². The van der Waals surface area contributed by atoms with Crippen LogP contribution in [0.5, 0.6) is 0 Å². The Morgan fingerprint density at radius 3 is 2.58 bits per heavy atom. The monoisotopic (exact) mass is 466 g/mol. The second-order valence-corrected chi connectivity index (χ2v) is 8.89. The Morgan fingerprint density at radius 2 is 2.03 bits per heavy atom. The van der Waals surface area contributed by atoms with E-state index in [0.29, 0.717) is 18.2 Å². The van der Waals surface area contributed by atoms with Gasteiger partial charge in [-0.25, -0.2) is 14.2 Å². The molecular weight excluding hydrogens is 444 g/mol. The van der Waals surface area contributed by atoms with Crippen molar-refractivity contribution in [1.29, 1.82) is 0 Å². The number of nitrogen functional groups attached to an aromatic ring is 1. The van der Waals surface area contributed by atoms with Gasteiger partial charge in [0.15, 0.2) is 0 Å². The molecule has 0 unspecified atom stereocenters. The Balaban J connectivity index is 1.68. The highest BCUT2D eigenvalue weighted by molar-refractivity contribution is 6.09. The minimum atomic E-state index is -4.70. The molecule has 0 spiro atoms. The van der Waals surface area contributed by atoms with Crippen LogP contribution in [0.3, 0.4) is 0 Å². The Hall–Kier alpha value is -3.44. The maximum atomic E-state index is 14.6. The lowest BCUT2D eigenvalue weighted by atomic mass is 10.1. The Labute approximate surface area is 186 Å². The van der Waals surface area contributed by atoms with Crippen molar-refractivity contribution >= 4 is 29.4 Å². The van der Waals surface area contributed by atoms with Crippen molar-refractivity contribution in [3.8, 4) is 0 Å². The SMILES string of the molecule is CC1(C)CN(c2ncc(C(=O)N(CC3CC3)c3cc(C(F)(F)F)ccc3F)c(N)n2)C(=O)N1. The molecule has 1 aromatic heterocycles. The third kappa shape index (κ3) is 4.69. The molecule has 8 nitrogen and oxygen atoms in total. The number of hydrogen-bond donors (Lipinski definition) is 2. The van der Waals surface area contributed by atoms with Crippen molar-refractivity contribution < 1.29 is 27.2 Å². The van der Waals surface area contributed by atoms with Crippen molar-refractivity contribution in [2.45, 2.75) is 38.4 Å².